The third kappa shape index (κ3) is 4.49. The molecule has 1 amide bonds. The van der Waals surface area contributed by atoms with Crippen molar-refractivity contribution in [3.05, 3.63) is 41.5 Å². The second-order valence-electron chi connectivity index (χ2n) is 8.36. The smallest absolute Gasteiger partial charge is 0.282 e. The second-order valence-corrected chi connectivity index (χ2v) is 9.89. The number of hydrogen-bond acceptors (Lipinski definition) is 6. The van der Waals surface area contributed by atoms with Gasteiger partial charge in [0.05, 0.1) is 11.6 Å². The highest BCUT2D eigenvalue weighted by atomic mass is 32.2. The zero-order valence-corrected chi connectivity index (χ0v) is 19.1. The van der Waals surface area contributed by atoms with E-state index in [0.29, 0.717) is 11.4 Å². The molecule has 0 N–H and O–H groups in total. The molecule has 6 nitrogen and oxygen atoms in total. The number of hydrogen-bond donors (Lipinski definition) is 0. The molecule has 8 heteroatoms. The number of carbonyl (C=O) groups excluding carboxylic acids is 1. The Morgan fingerprint density at radius 3 is 2.77 bits per heavy atom. The molecule has 0 spiro atoms. The van der Waals surface area contributed by atoms with Crippen LogP contribution in [-0.4, -0.2) is 43.5 Å². The van der Waals surface area contributed by atoms with Crippen LogP contribution in [0.3, 0.4) is 0 Å². The van der Waals surface area contributed by atoms with Crippen molar-refractivity contribution in [1.82, 2.24) is 14.9 Å². The number of aromatic nitrogens is 2. The summed E-state index contributed by atoms with van der Waals surface area (Å²) in [6.45, 7) is 7.82. The van der Waals surface area contributed by atoms with Crippen LogP contribution in [0.15, 0.2) is 24.5 Å². The molecule has 31 heavy (non-hydrogen) atoms. The SMILES string of the molecule is CCc1ccc(Oc2ncnc(O[C@H]3CC4CCC3N4C(=O)SC(C)C)c2C)c(F)c1. The van der Waals surface area contributed by atoms with E-state index in [1.807, 2.05) is 31.7 Å². The van der Waals surface area contributed by atoms with E-state index in [-0.39, 0.29) is 40.3 Å². The van der Waals surface area contributed by atoms with Crippen molar-refractivity contribution in [2.45, 2.75) is 76.8 Å². The van der Waals surface area contributed by atoms with Gasteiger partial charge in [-0.15, -0.1) is 0 Å². The summed E-state index contributed by atoms with van der Waals surface area (Å²) in [4.78, 5) is 23.1. The van der Waals surface area contributed by atoms with Crippen LogP contribution in [0.2, 0.25) is 0 Å². The Kier molecular flexibility index (Phi) is 6.36. The van der Waals surface area contributed by atoms with Crippen LogP contribution in [-0.2, 0) is 6.42 Å². The number of amides is 1. The summed E-state index contributed by atoms with van der Waals surface area (Å²) in [6.07, 6.45) is 4.74. The van der Waals surface area contributed by atoms with E-state index in [1.54, 1.807) is 13.0 Å². The first-order valence-electron chi connectivity index (χ1n) is 10.8. The number of fused-ring (bicyclic) bond motifs is 2. The molecule has 2 aliphatic rings. The Labute approximate surface area is 186 Å². The molecule has 2 bridgehead atoms. The van der Waals surface area contributed by atoms with E-state index in [1.165, 1.54) is 24.2 Å². The lowest BCUT2D eigenvalue weighted by molar-refractivity contribution is 0.145. The zero-order chi connectivity index (χ0) is 22.1. The van der Waals surface area contributed by atoms with E-state index < -0.39 is 5.82 Å². The van der Waals surface area contributed by atoms with Crippen LogP contribution < -0.4 is 9.47 Å². The fourth-order valence-corrected chi connectivity index (χ4v) is 5.15. The summed E-state index contributed by atoms with van der Waals surface area (Å²) in [6, 6.07) is 5.20. The highest BCUT2D eigenvalue weighted by Crippen LogP contribution is 2.42. The minimum absolute atomic E-state index is 0.0570. The monoisotopic (exact) mass is 445 g/mol. The molecule has 2 fully saturated rings. The predicted molar refractivity (Wildman–Crippen MR) is 118 cm³/mol. The van der Waals surface area contributed by atoms with Gasteiger partial charge in [0.15, 0.2) is 11.6 Å². The molecule has 0 saturated carbocycles. The minimum Gasteiger partial charge on any atom is -0.472 e. The van der Waals surface area contributed by atoms with Crippen molar-refractivity contribution in [2.24, 2.45) is 0 Å². The van der Waals surface area contributed by atoms with Gasteiger partial charge in [-0.2, -0.15) is 0 Å². The van der Waals surface area contributed by atoms with Gasteiger partial charge in [-0.05, 0) is 43.9 Å². The molecule has 2 saturated heterocycles. The molecule has 2 unspecified atom stereocenters. The average Bonchev–Trinajstić information content (AvgIpc) is 3.29. The van der Waals surface area contributed by atoms with Crippen LogP contribution in [0.25, 0.3) is 0 Å². The lowest BCUT2D eigenvalue weighted by atomic mass is 9.98. The second kappa shape index (κ2) is 9.02. The molecule has 166 valence electrons. The van der Waals surface area contributed by atoms with E-state index in [9.17, 15) is 9.18 Å². The maximum Gasteiger partial charge on any atom is 0.282 e. The summed E-state index contributed by atoms with van der Waals surface area (Å²) in [5.74, 6) is 0.369. The third-order valence-electron chi connectivity index (χ3n) is 5.89. The summed E-state index contributed by atoms with van der Waals surface area (Å²) in [5, 5.41) is 0.380. The molecule has 3 heterocycles. The number of nitrogens with zero attached hydrogens (tertiary/aromatic N) is 3. The molecular formula is C23H28FN3O3S. The number of rotatable bonds is 6. The Balaban J connectivity index is 1.49. The van der Waals surface area contributed by atoms with Crippen LogP contribution in [0.1, 0.15) is 51.2 Å². The van der Waals surface area contributed by atoms with Crippen LogP contribution in [0, 0.1) is 12.7 Å². The first-order chi connectivity index (χ1) is 14.9. The van der Waals surface area contributed by atoms with Crippen molar-refractivity contribution in [1.29, 1.82) is 0 Å². The Morgan fingerprint density at radius 2 is 2.06 bits per heavy atom. The van der Waals surface area contributed by atoms with Gasteiger partial charge in [-0.1, -0.05) is 38.6 Å². The molecular weight excluding hydrogens is 417 g/mol. The summed E-state index contributed by atoms with van der Waals surface area (Å²) < 4.78 is 26.3. The number of aryl methyl sites for hydroxylation is 1. The first-order valence-corrected chi connectivity index (χ1v) is 11.7. The van der Waals surface area contributed by atoms with Gasteiger partial charge in [0, 0.05) is 17.7 Å². The molecule has 4 rings (SSSR count). The van der Waals surface area contributed by atoms with Gasteiger partial charge >= 0.3 is 0 Å². The number of halogens is 1. The standard InChI is InChI=1S/C23H28FN3O3S/c1-5-15-6-9-19(17(24)10-15)29-21-14(4)22(26-12-25-21)30-20-11-16-7-8-18(20)27(16)23(28)31-13(2)3/h6,9-10,12-13,16,18,20H,5,7-8,11H2,1-4H3/t16?,18?,20-/m0/s1. The Hall–Kier alpha value is -2.35. The lowest BCUT2D eigenvalue weighted by Gasteiger charge is -2.25. The Bertz CT molecular complexity index is 971. The average molecular weight is 446 g/mol. The van der Waals surface area contributed by atoms with Gasteiger partial charge in [0.2, 0.25) is 11.8 Å². The number of ether oxygens (including phenoxy) is 2. The molecule has 1 aromatic carbocycles. The molecule has 0 radical (unpaired) electrons. The van der Waals surface area contributed by atoms with E-state index in [2.05, 4.69) is 9.97 Å². The number of carbonyl (C=O) groups is 1. The first kappa shape index (κ1) is 21.9. The fraction of sp³-hybridized carbons (Fsp3) is 0.522. The fourth-order valence-electron chi connectivity index (χ4n) is 4.34. The van der Waals surface area contributed by atoms with Crippen LogP contribution in [0.5, 0.6) is 17.5 Å². The maximum atomic E-state index is 14.4. The van der Waals surface area contributed by atoms with Crippen molar-refractivity contribution in [3.63, 3.8) is 0 Å². The topological polar surface area (TPSA) is 64.6 Å². The van der Waals surface area contributed by atoms with E-state index in [4.69, 9.17) is 9.47 Å². The highest BCUT2D eigenvalue weighted by Gasteiger charge is 2.50. The van der Waals surface area contributed by atoms with Crippen molar-refractivity contribution in [3.8, 4) is 17.5 Å². The van der Waals surface area contributed by atoms with E-state index >= 15 is 0 Å². The van der Waals surface area contributed by atoms with Gasteiger partial charge in [0.1, 0.15) is 12.4 Å². The Morgan fingerprint density at radius 1 is 1.29 bits per heavy atom. The third-order valence-corrected chi connectivity index (χ3v) is 6.78. The van der Waals surface area contributed by atoms with Crippen molar-refractivity contribution < 1.29 is 18.7 Å². The summed E-state index contributed by atoms with van der Waals surface area (Å²) in [5.41, 5.74) is 1.51. The minimum atomic E-state index is -0.426. The number of benzene rings is 1. The molecule has 2 aromatic rings. The summed E-state index contributed by atoms with van der Waals surface area (Å²) >= 11 is 1.37. The van der Waals surface area contributed by atoms with Crippen molar-refractivity contribution in [2.75, 3.05) is 0 Å². The quantitative estimate of drug-likeness (QED) is 0.583. The molecule has 2 aliphatic heterocycles. The van der Waals surface area contributed by atoms with Gasteiger partial charge in [-0.3, -0.25) is 4.79 Å². The van der Waals surface area contributed by atoms with Crippen LogP contribution >= 0.6 is 11.8 Å². The molecule has 1 aromatic heterocycles. The van der Waals surface area contributed by atoms with Crippen LogP contribution in [0.4, 0.5) is 9.18 Å². The highest BCUT2D eigenvalue weighted by molar-refractivity contribution is 8.14. The van der Waals surface area contributed by atoms with Crippen molar-refractivity contribution >= 4 is 17.0 Å². The largest absolute Gasteiger partial charge is 0.472 e. The van der Waals surface area contributed by atoms with Gasteiger partial charge in [-0.25, -0.2) is 14.4 Å². The molecule has 3 atom stereocenters. The predicted octanol–water partition coefficient (Wildman–Crippen LogP) is 5.52. The number of thioether (sulfide) groups is 1. The van der Waals surface area contributed by atoms with Gasteiger partial charge in [0.25, 0.3) is 5.24 Å². The lowest BCUT2D eigenvalue weighted by Crippen LogP contribution is -2.37. The van der Waals surface area contributed by atoms with Gasteiger partial charge < -0.3 is 14.4 Å². The normalized spacial score (nSPS) is 22.3. The zero-order valence-electron chi connectivity index (χ0n) is 18.3. The summed E-state index contributed by atoms with van der Waals surface area (Å²) in [7, 11) is 0. The maximum absolute atomic E-state index is 14.4. The molecule has 0 aliphatic carbocycles. The van der Waals surface area contributed by atoms with E-state index in [0.717, 1.165) is 31.2 Å².